The highest BCUT2D eigenvalue weighted by Gasteiger charge is 2.25. The van der Waals surface area contributed by atoms with Gasteiger partial charge in [0, 0.05) is 26.2 Å². The van der Waals surface area contributed by atoms with E-state index >= 15 is 0 Å². The molecule has 0 bridgehead atoms. The van der Waals surface area contributed by atoms with Crippen LogP contribution in [0.3, 0.4) is 0 Å². The number of carbonyl (C=O) groups excluding carboxylic acids is 1. The molecule has 32 heavy (non-hydrogen) atoms. The molecule has 1 aliphatic carbocycles. The predicted molar refractivity (Wildman–Crippen MR) is 121 cm³/mol. The molecule has 3 rings (SSSR count). The number of rotatable bonds is 8. The number of carbonyl (C=O) groups is 2. The van der Waals surface area contributed by atoms with Crippen molar-refractivity contribution in [2.75, 3.05) is 38.5 Å². The molecular weight excluding hydrogens is 479 g/mol. The Kier molecular flexibility index (Phi) is 8.35. The van der Waals surface area contributed by atoms with Crippen LogP contribution in [0.4, 0.5) is 0 Å². The first-order valence-electron chi connectivity index (χ1n) is 10.0. The second-order valence-corrected chi connectivity index (χ2v) is 10.5. The number of amides is 1. The number of hydrogen-bond acceptors (Lipinski definition) is 6. The molecule has 2 N–H and O–H groups in total. The number of carboxylic acids is 1. The SMILES string of the molecule is O=C(CS(=O)(=O)c1ccc(C(=O)O)cc1)NC[C@H]1CN(CC2C=C(Cl)C(Cl)=CC2)CCO1. The zero-order chi connectivity index (χ0) is 23.3. The molecule has 2 aliphatic rings. The molecule has 1 aromatic rings. The van der Waals surface area contributed by atoms with Crippen LogP contribution in [0.5, 0.6) is 0 Å². The van der Waals surface area contributed by atoms with E-state index in [4.69, 9.17) is 33.0 Å². The Morgan fingerprint density at radius 2 is 1.91 bits per heavy atom. The van der Waals surface area contributed by atoms with Crippen LogP contribution >= 0.6 is 23.2 Å². The van der Waals surface area contributed by atoms with Crippen molar-refractivity contribution >= 4 is 44.9 Å². The van der Waals surface area contributed by atoms with E-state index in [1.807, 2.05) is 12.2 Å². The third-order valence-corrected chi connectivity index (χ3v) is 7.65. The van der Waals surface area contributed by atoms with E-state index in [1.165, 1.54) is 24.3 Å². The summed E-state index contributed by atoms with van der Waals surface area (Å²) in [7, 11) is -3.89. The van der Waals surface area contributed by atoms with Crippen LogP contribution in [0.15, 0.2) is 51.4 Å². The number of morpholine rings is 1. The fraction of sp³-hybridized carbons (Fsp3) is 0.429. The highest BCUT2D eigenvalue weighted by atomic mass is 35.5. The second kappa shape index (κ2) is 10.8. The summed E-state index contributed by atoms with van der Waals surface area (Å²) in [5.41, 5.74) is -0.0301. The van der Waals surface area contributed by atoms with Crippen molar-refractivity contribution in [3.8, 4) is 0 Å². The number of benzene rings is 1. The molecule has 1 heterocycles. The molecule has 1 unspecified atom stereocenters. The zero-order valence-electron chi connectivity index (χ0n) is 17.2. The van der Waals surface area contributed by atoms with E-state index < -0.39 is 27.5 Å². The van der Waals surface area contributed by atoms with Crippen molar-refractivity contribution < 1.29 is 27.9 Å². The minimum absolute atomic E-state index is 0.0301. The van der Waals surface area contributed by atoms with E-state index in [-0.39, 0.29) is 29.0 Å². The van der Waals surface area contributed by atoms with Gasteiger partial charge in [-0.1, -0.05) is 35.4 Å². The Hall–Kier alpha value is -1.91. The molecule has 0 aromatic heterocycles. The second-order valence-electron chi connectivity index (χ2n) is 7.71. The van der Waals surface area contributed by atoms with Gasteiger partial charge in [-0.2, -0.15) is 0 Å². The fourth-order valence-electron chi connectivity index (χ4n) is 3.58. The molecule has 8 nitrogen and oxygen atoms in total. The lowest BCUT2D eigenvalue weighted by molar-refractivity contribution is -0.119. The van der Waals surface area contributed by atoms with E-state index in [0.717, 1.165) is 19.5 Å². The van der Waals surface area contributed by atoms with Gasteiger partial charge >= 0.3 is 5.97 Å². The Balaban J connectivity index is 1.47. The Bertz CT molecular complexity index is 1020. The number of nitrogens with one attached hydrogen (secondary N) is 1. The zero-order valence-corrected chi connectivity index (χ0v) is 19.5. The largest absolute Gasteiger partial charge is 0.478 e. The molecule has 2 atom stereocenters. The molecule has 0 radical (unpaired) electrons. The number of nitrogens with zero attached hydrogens (tertiary/aromatic N) is 1. The molecular formula is C21H24Cl2N2O6S. The summed E-state index contributed by atoms with van der Waals surface area (Å²) in [6, 6.07) is 4.75. The first kappa shape index (κ1) is 24.7. The minimum atomic E-state index is -3.89. The summed E-state index contributed by atoms with van der Waals surface area (Å²) in [5, 5.41) is 12.6. The van der Waals surface area contributed by atoms with Crippen LogP contribution in [0, 0.1) is 5.92 Å². The summed E-state index contributed by atoms with van der Waals surface area (Å²) in [6.45, 7) is 2.84. The summed E-state index contributed by atoms with van der Waals surface area (Å²) in [5.74, 6) is -2.28. The highest BCUT2D eigenvalue weighted by molar-refractivity contribution is 7.92. The molecule has 1 fully saturated rings. The monoisotopic (exact) mass is 502 g/mol. The first-order chi connectivity index (χ1) is 15.1. The van der Waals surface area contributed by atoms with Crippen molar-refractivity contribution in [2.45, 2.75) is 17.4 Å². The standard InChI is InChI=1S/C21H24Cl2N2O6S/c22-18-6-1-14(9-19(18)23)11-25-7-8-31-16(12-25)10-24-20(26)13-32(29,30)17-4-2-15(3-5-17)21(27)28/h2-6,9,14,16H,1,7-8,10-13H2,(H,24,26)(H,27,28)/t14?,16-/m0/s1. The molecule has 1 aliphatic heterocycles. The van der Waals surface area contributed by atoms with Crippen molar-refractivity contribution in [1.82, 2.24) is 10.2 Å². The lowest BCUT2D eigenvalue weighted by Gasteiger charge is -2.35. The smallest absolute Gasteiger partial charge is 0.335 e. The van der Waals surface area contributed by atoms with E-state index in [0.29, 0.717) is 23.2 Å². The average Bonchev–Trinajstić information content (AvgIpc) is 2.75. The van der Waals surface area contributed by atoms with E-state index in [1.54, 1.807) is 0 Å². The van der Waals surface area contributed by atoms with Crippen LogP contribution in [0.25, 0.3) is 0 Å². The van der Waals surface area contributed by atoms with Gasteiger partial charge in [-0.3, -0.25) is 9.69 Å². The van der Waals surface area contributed by atoms with Gasteiger partial charge in [-0.05, 0) is 36.6 Å². The van der Waals surface area contributed by atoms with Gasteiger partial charge in [0.05, 0.1) is 33.2 Å². The van der Waals surface area contributed by atoms with Crippen LogP contribution in [-0.4, -0.2) is 74.9 Å². The van der Waals surface area contributed by atoms with Crippen LogP contribution in [0.1, 0.15) is 16.8 Å². The van der Waals surface area contributed by atoms with Crippen molar-refractivity contribution in [2.24, 2.45) is 5.92 Å². The van der Waals surface area contributed by atoms with Gasteiger partial charge in [0.2, 0.25) is 5.91 Å². The number of hydrogen-bond donors (Lipinski definition) is 2. The molecule has 1 aromatic carbocycles. The normalized spacial score (nSPS) is 22.1. The number of carboxylic acid groups (broad SMARTS) is 1. The van der Waals surface area contributed by atoms with Crippen LogP contribution in [-0.2, 0) is 19.4 Å². The number of aromatic carboxylic acids is 1. The Labute approximate surface area is 196 Å². The molecule has 11 heteroatoms. The molecule has 1 amide bonds. The third-order valence-electron chi connectivity index (χ3n) is 5.23. The van der Waals surface area contributed by atoms with E-state index in [9.17, 15) is 18.0 Å². The predicted octanol–water partition coefficient (Wildman–Crippen LogP) is 2.24. The topological polar surface area (TPSA) is 113 Å². The summed E-state index contributed by atoms with van der Waals surface area (Å²) in [4.78, 5) is 25.2. The maximum Gasteiger partial charge on any atom is 0.335 e. The fourth-order valence-corrected chi connectivity index (χ4v) is 5.15. The lowest BCUT2D eigenvalue weighted by Crippen LogP contribution is -2.49. The van der Waals surface area contributed by atoms with Crippen LogP contribution in [0.2, 0.25) is 0 Å². The quantitative estimate of drug-likeness (QED) is 0.560. The number of sulfone groups is 1. The number of ether oxygens (including phenoxy) is 1. The van der Waals surface area contributed by atoms with Gasteiger partial charge in [0.25, 0.3) is 0 Å². The maximum absolute atomic E-state index is 12.4. The molecule has 1 saturated heterocycles. The highest BCUT2D eigenvalue weighted by Crippen LogP contribution is 2.29. The van der Waals surface area contributed by atoms with Gasteiger partial charge in [-0.15, -0.1) is 0 Å². The van der Waals surface area contributed by atoms with E-state index in [2.05, 4.69) is 10.2 Å². The molecule has 174 valence electrons. The number of halogens is 2. The van der Waals surface area contributed by atoms with Crippen molar-refractivity contribution in [3.63, 3.8) is 0 Å². The Morgan fingerprint density at radius 1 is 1.19 bits per heavy atom. The van der Waals surface area contributed by atoms with Gasteiger partial charge in [0.1, 0.15) is 5.75 Å². The maximum atomic E-state index is 12.4. The van der Waals surface area contributed by atoms with Crippen molar-refractivity contribution in [1.29, 1.82) is 0 Å². The third kappa shape index (κ3) is 6.79. The van der Waals surface area contributed by atoms with Crippen LogP contribution < -0.4 is 5.32 Å². The molecule has 0 spiro atoms. The molecule has 0 saturated carbocycles. The van der Waals surface area contributed by atoms with Gasteiger partial charge in [-0.25, -0.2) is 13.2 Å². The lowest BCUT2D eigenvalue weighted by atomic mass is 9.99. The Morgan fingerprint density at radius 3 is 2.56 bits per heavy atom. The van der Waals surface area contributed by atoms with Crippen molar-refractivity contribution in [3.05, 3.63) is 52.0 Å². The van der Waals surface area contributed by atoms with Gasteiger partial charge in [0.15, 0.2) is 9.84 Å². The summed E-state index contributed by atoms with van der Waals surface area (Å²) in [6.07, 6.45) is 4.40. The van der Waals surface area contributed by atoms with Gasteiger partial charge < -0.3 is 15.2 Å². The summed E-state index contributed by atoms with van der Waals surface area (Å²) < 4.78 is 30.5. The minimum Gasteiger partial charge on any atom is -0.478 e. The summed E-state index contributed by atoms with van der Waals surface area (Å²) >= 11 is 12.1. The average molecular weight is 503 g/mol. The first-order valence-corrected chi connectivity index (χ1v) is 12.4. The number of allylic oxidation sites excluding steroid dienone is 3.